The maximum atomic E-state index is 12.5. The summed E-state index contributed by atoms with van der Waals surface area (Å²) in [5.41, 5.74) is 1.84. The van der Waals surface area contributed by atoms with E-state index < -0.39 is 0 Å². The average molecular weight is 336 g/mol. The first-order valence-electron chi connectivity index (χ1n) is 8.46. The molecule has 0 amide bonds. The van der Waals surface area contributed by atoms with Crippen molar-refractivity contribution in [1.29, 1.82) is 0 Å². The van der Waals surface area contributed by atoms with Crippen LogP contribution in [0, 0.1) is 0 Å². The van der Waals surface area contributed by atoms with Crippen LogP contribution in [0.15, 0.2) is 53.6 Å². The van der Waals surface area contributed by atoms with Gasteiger partial charge in [-0.25, -0.2) is 0 Å². The fourth-order valence-electron chi connectivity index (χ4n) is 3.14. The lowest BCUT2D eigenvalue weighted by Crippen LogP contribution is -2.47. The molecule has 25 heavy (non-hydrogen) atoms. The molecule has 0 bridgehead atoms. The molecule has 0 N–H and O–H groups in total. The van der Waals surface area contributed by atoms with Gasteiger partial charge in [0.15, 0.2) is 0 Å². The van der Waals surface area contributed by atoms with Gasteiger partial charge in [0.05, 0.1) is 12.1 Å². The largest absolute Gasteiger partial charge is 0.297 e. The third-order valence-corrected chi connectivity index (χ3v) is 4.58. The van der Waals surface area contributed by atoms with E-state index >= 15 is 0 Å². The average Bonchev–Trinajstić information content (AvgIpc) is 2.67. The molecule has 7 nitrogen and oxygen atoms in total. The zero-order chi connectivity index (χ0) is 17.1. The topological polar surface area (TPSA) is 67.2 Å². The Bertz CT molecular complexity index is 902. The summed E-state index contributed by atoms with van der Waals surface area (Å²) in [7, 11) is 0. The van der Waals surface area contributed by atoms with Crippen LogP contribution in [0.5, 0.6) is 0 Å². The number of aromatic nitrogens is 4. The zero-order valence-corrected chi connectivity index (χ0v) is 14.0. The minimum atomic E-state index is -0.0789. The van der Waals surface area contributed by atoms with Crippen molar-refractivity contribution in [3.05, 3.63) is 64.7 Å². The van der Waals surface area contributed by atoms with Gasteiger partial charge in [-0.05, 0) is 29.8 Å². The van der Waals surface area contributed by atoms with Crippen LogP contribution in [-0.2, 0) is 13.2 Å². The number of fused-ring (bicyclic) bond motifs is 1. The monoisotopic (exact) mass is 336 g/mol. The lowest BCUT2D eigenvalue weighted by Gasteiger charge is -2.34. The van der Waals surface area contributed by atoms with Crippen molar-refractivity contribution in [2.45, 2.75) is 13.2 Å². The molecule has 1 aromatic carbocycles. The highest BCUT2D eigenvalue weighted by Crippen LogP contribution is 2.09. The number of rotatable bonds is 4. The first-order valence-corrected chi connectivity index (χ1v) is 8.46. The van der Waals surface area contributed by atoms with E-state index in [1.807, 2.05) is 30.6 Å². The first-order chi connectivity index (χ1) is 12.3. The fourth-order valence-corrected chi connectivity index (χ4v) is 3.14. The minimum Gasteiger partial charge on any atom is -0.297 e. The Morgan fingerprint density at radius 1 is 0.920 bits per heavy atom. The molecule has 0 spiro atoms. The smallest absolute Gasteiger partial charge is 0.278 e. The number of benzene rings is 1. The summed E-state index contributed by atoms with van der Waals surface area (Å²) in [4.78, 5) is 21.2. The van der Waals surface area contributed by atoms with Gasteiger partial charge in [-0.2, -0.15) is 4.68 Å². The summed E-state index contributed by atoms with van der Waals surface area (Å²) >= 11 is 0. The van der Waals surface area contributed by atoms with Gasteiger partial charge in [-0.1, -0.05) is 17.3 Å². The predicted molar refractivity (Wildman–Crippen MR) is 94.9 cm³/mol. The van der Waals surface area contributed by atoms with Crippen LogP contribution in [0.3, 0.4) is 0 Å². The Morgan fingerprint density at radius 3 is 2.44 bits per heavy atom. The third-order valence-electron chi connectivity index (χ3n) is 4.58. The molecule has 3 heterocycles. The SMILES string of the molecule is O=c1c2ccccc2nnn1CN1CCN(Cc2ccncc2)CC1. The van der Waals surface area contributed by atoms with Crippen molar-refractivity contribution in [2.75, 3.05) is 26.2 Å². The summed E-state index contributed by atoms with van der Waals surface area (Å²) in [6.07, 6.45) is 3.66. The van der Waals surface area contributed by atoms with Gasteiger partial charge in [0, 0.05) is 45.1 Å². The van der Waals surface area contributed by atoms with Crippen molar-refractivity contribution >= 4 is 10.9 Å². The van der Waals surface area contributed by atoms with Crippen LogP contribution < -0.4 is 5.56 Å². The molecule has 0 aliphatic carbocycles. The van der Waals surface area contributed by atoms with Crippen molar-refractivity contribution in [2.24, 2.45) is 0 Å². The second kappa shape index (κ2) is 7.08. The van der Waals surface area contributed by atoms with E-state index in [1.54, 1.807) is 6.07 Å². The van der Waals surface area contributed by atoms with E-state index in [2.05, 4.69) is 37.2 Å². The highest BCUT2D eigenvalue weighted by atomic mass is 16.1. The van der Waals surface area contributed by atoms with Crippen LogP contribution in [0.1, 0.15) is 5.56 Å². The highest BCUT2D eigenvalue weighted by molar-refractivity contribution is 5.76. The van der Waals surface area contributed by atoms with Crippen LogP contribution >= 0.6 is 0 Å². The van der Waals surface area contributed by atoms with E-state index in [9.17, 15) is 4.79 Å². The van der Waals surface area contributed by atoms with Gasteiger partial charge in [0.25, 0.3) is 5.56 Å². The number of piperazine rings is 1. The molecule has 0 atom stereocenters. The Hall–Kier alpha value is -2.64. The van der Waals surface area contributed by atoms with E-state index in [0.29, 0.717) is 17.6 Å². The Morgan fingerprint density at radius 2 is 1.64 bits per heavy atom. The van der Waals surface area contributed by atoms with Gasteiger partial charge in [-0.15, -0.1) is 5.10 Å². The van der Waals surface area contributed by atoms with Gasteiger partial charge >= 0.3 is 0 Å². The van der Waals surface area contributed by atoms with E-state index in [4.69, 9.17) is 0 Å². The van der Waals surface area contributed by atoms with Gasteiger partial charge in [-0.3, -0.25) is 19.6 Å². The van der Waals surface area contributed by atoms with Crippen molar-refractivity contribution in [3.63, 3.8) is 0 Å². The maximum absolute atomic E-state index is 12.5. The summed E-state index contributed by atoms with van der Waals surface area (Å²) in [6.45, 7) is 5.18. The first kappa shape index (κ1) is 15.9. The van der Waals surface area contributed by atoms with Crippen LogP contribution in [0.4, 0.5) is 0 Å². The molecule has 128 valence electrons. The maximum Gasteiger partial charge on any atom is 0.278 e. The highest BCUT2D eigenvalue weighted by Gasteiger charge is 2.18. The van der Waals surface area contributed by atoms with E-state index in [-0.39, 0.29) is 5.56 Å². The molecule has 1 aliphatic heterocycles. The second-order valence-corrected chi connectivity index (χ2v) is 6.30. The van der Waals surface area contributed by atoms with Gasteiger partial charge in [0.1, 0.15) is 5.52 Å². The van der Waals surface area contributed by atoms with E-state index in [0.717, 1.165) is 32.7 Å². The molecule has 2 aromatic heterocycles. The molecule has 1 saturated heterocycles. The molecular weight excluding hydrogens is 316 g/mol. The number of nitrogens with zero attached hydrogens (tertiary/aromatic N) is 6. The molecule has 1 fully saturated rings. The number of hydrogen-bond acceptors (Lipinski definition) is 6. The normalized spacial score (nSPS) is 16.3. The number of pyridine rings is 1. The minimum absolute atomic E-state index is 0.0789. The van der Waals surface area contributed by atoms with Crippen LogP contribution in [0.2, 0.25) is 0 Å². The van der Waals surface area contributed by atoms with Crippen LogP contribution in [0.25, 0.3) is 10.9 Å². The summed E-state index contributed by atoms with van der Waals surface area (Å²) in [6, 6.07) is 11.4. The molecule has 4 rings (SSSR count). The summed E-state index contributed by atoms with van der Waals surface area (Å²) in [5.74, 6) is 0. The Kier molecular flexibility index (Phi) is 4.49. The van der Waals surface area contributed by atoms with Crippen molar-refractivity contribution < 1.29 is 0 Å². The van der Waals surface area contributed by atoms with Crippen molar-refractivity contribution in [3.8, 4) is 0 Å². The van der Waals surface area contributed by atoms with Crippen molar-refractivity contribution in [1.82, 2.24) is 29.8 Å². The van der Waals surface area contributed by atoms with E-state index in [1.165, 1.54) is 10.2 Å². The quantitative estimate of drug-likeness (QED) is 0.707. The Labute approximate surface area is 145 Å². The van der Waals surface area contributed by atoms with Crippen LogP contribution in [-0.4, -0.2) is 56.0 Å². The van der Waals surface area contributed by atoms with Gasteiger partial charge < -0.3 is 0 Å². The zero-order valence-electron chi connectivity index (χ0n) is 14.0. The molecule has 1 aliphatic rings. The summed E-state index contributed by atoms with van der Waals surface area (Å²) in [5, 5.41) is 8.85. The fraction of sp³-hybridized carbons (Fsp3) is 0.333. The molecule has 3 aromatic rings. The molecular formula is C18H20N6O. The Balaban J connectivity index is 1.39. The lowest BCUT2D eigenvalue weighted by atomic mass is 10.2. The number of hydrogen-bond donors (Lipinski definition) is 0. The lowest BCUT2D eigenvalue weighted by molar-refractivity contribution is 0.0961. The second-order valence-electron chi connectivity index (χ2n) is 6.30. The molecule has 0 radical (unpaired) electrons. The third kappa shape index (κ3) is 3.57. The molecule has 7 heteroatoms. The van der Waals surface area contributed by atoms with Gasteiger partial charge in [0.2, 0.25) is 0 Å². The predicted octanol–water partition coefficient (Wildman–Crippen LogP) is 0.962. The standard InChI is InChI=1S/C18H20N6O/c25-18-16-3-1-2-4-17(16)20-21-24(18)14-23-11-9-22(10-12-23)13-15-5-7-19-8-6-15/h1-8H,9-14H2. The summed E-state index contributed by atoms with van der Waals surface area (Å²) < 4.78 is 1.46. The molecule has 0 saturated carbocycles. The molecule has 0 unspecified atom stereocenters.